The van der Waals surface area contributed by atoms with E-state index in [1.54, 1.807) is 11.6 Å². The number of likely N-dealkylation sites (tertiary alicyclic amines) is 1. The van der Waals surface area contributed by atoms with Gasteiger partial charge in [0.25, 0.3) is 5.91 Å². The molecule has 1 aromatic heterocycles. The Morgan fingerprint density at radius 2 is 2.28 bits per heavy atom. The van der Waals surface area contributed by atoms with E-state index in [1.807, 2.05) is 0 Å². The van der Waals surface area contributed by atoms with Gasteiger partial charge in [-0.1, -0.05) is 0 Å². The van der Waals surface area contributed by atoms with E-state index in [0.717, 1.165) is 0 Å². The number of imidazole rings is 1. The van der Waals surface area contributed by atoms with Crippen LogP contribution in [0.25, 0.3) is 0 Å². The van der Waals surface area contributed by atoms with Gasteiger partial charge in [-0.15, -0.1) is 0 Å². The molecule has 1 N–H and O–H groups in total. The molecule has 0 bridgehead atoms. The van der Waals surface area contributed by atoms with E-state index in [-0.39, 0.29) is 18.9 Å². The Morgan fingerprint density at radius 3 is 2.83 bits per heavy atom. The summed E-state index contributed by atoms with van der Waals surface area (Å²) in [6, 6.07) is -0.729. The number of aryl methyl sites for hydroxylation is 1. The molecule has 0 aromatic carbocycles. The van der Waals surface area contributed by atoms with Crippen molar-refractivity contribution >= 4 is 11.9 Å². The van der Waals surface area contributed by atoms with E-state index in [1.165, 1.54) is 24.5 Å². The minimum atomic E-state index is -0.729. The fourth-order valence-electron chi connectivity index (χ4n) is 2.11. The van der Waals surface area contributed by atoms with Crippen LogP contribution in [0.2, 0.25) is 0 Å². The number of ether oxygens (including phenoxy) is 1. The fourth-order valence-corrected chi connectivity index (χ4v) is 2.11. The molecule has 2 unspecified atom stereocenters. The number of hydrogen-bond donors (Lipinski definition) is 1. The van der Waals surface area contributed by atoms with Gasteiger partial charge in [0.05, 0.1) is 25.7 Å². The lowest BCUT2D eigenvalue weighted by atomic mass is 10.2. The van der Waals surface area contributed by atoms with Crippen molar-refractivity contribution in [2.75, 3.05) is 13.7 Å². The van der Waals surface area contributed by atoms with Crippen LogP contribution < -0.4 is 0 Å². The lowest BCUT2D eigenvalue weighted by molar-refractivity contribution is -0.145. The number of methoxy groups -OCH3 is 1. The second-order valence-electron chi connectivity index (χ2n) is 4.28. The largest absolute Gasteiger partial charge is 0.467 e. The third-order valence-electron chi connectivity index (χ3n) is 3.05. The minimum absolute atomic E-state index is 0.129. The summed E-state index contributed by atoms with van der Waals surface area (Å²) >= 11 is 0. The van der Waals surface area contributed by atoms with Crippen molar-refractivity contribution in [3.05, 3.63) is 18.2 Å². The molecular weight excluding hydrogens is 238 g/mol. The van der Waals surface area contributed by atoms with Crippen molar-refractivity contribution in [1.29, 1.82) is 0 Å². The monoisotopic (exact) mass is 253 g/mol. The smallest absolute Gasteiger partial charge is 0.328 e. The Labute approximate surface area is 104 Å². The number of carbonyl (C=O) groups excluding carboxylic acids is 2. The number of aliphatic hydroxyl groups is 1. The zero-order valence-corrected chi connectivity index (χ0v) is 10.2. The fraction of sp³-hybridized carbons (Fsp3) is 0.545. The van der Waals surface area contributed by atoms with Crippen molar-refractivity contribution in [3.8, 4) is 0 Å². The topological polar surface area (TPSA) is 84.7 Å². The van der Waals surface area contributed by atoms with Crippen molar-refractivity contribution in [2.24, 2.45) is 7.05 Å². The molecule has 1 aromatic rings. The van der Waals surface area contributed by atoms with Crippen LogP contribution in [0.4, 0.5) is 0 Å². The highest BCUT2D eigenvalue weighted by molar-refractivity contribution is 5.95. The number of esters is 1. The molecule has 98 valence electrons. The molecule has 2 rings (SSSR count). The van der Waals surface area contributed by atoms with Crippen molar-refractivity contribution < 1.29 is 19.4 Å². The minimum Gasteiger partial charge on any atom is -0.467 e. The number of carbonyl (C=O) groups is 2. The molecule has 7 heteroatoms. The molecular formula is C11H15N3O4. The molecule has 18 heavy (non-hydrogen) atoms. The molecule has 1 fully saturated rings. The van der Waals surface area contributed by atoms with Gasteiger partial charge < -0.3 is 19.3 Å². The summed E-state index contributed by atoms with van der Waals surface area (Å²) in [5.41, 5.74) is 0.373. The molecule has 0 aliphatic carbocycles. The van der Waals surface area contributed by atoms with E-state index < -0.39 is 18.1 Å². The zero-order chi connectivity index (χ0) is 13.3. The Hall–Kier alpha value is -1.89. The van der Waals surface area contributed by atoms with Crippen LogP contribution in [0.3, 0.4) is 0 Å². The van der Waals surface area contributed by atoms with Gasteiger partial charge in [-0.25, -0.2) is 9.78 Å². The third kappa shape index (κ3) is 2.08. The summed E-state index contributed by atoms with van der Waals surface area (Å²) in [5, 5.41) is 9.61. The van der Waals surface area contributed by atoms with Gasteiger partial charge in [-0.3, -0.25) is 4.79 Å². The van der Waals surface area contributed by atoms with Crippen molar-refractivity contribution in [1.82, 2.24) is 14.5 Å². The molecule has 0 saturated carbocycles. The molecule has 1 amide bonds. The highest BCUT2D eigenvalue weighted by Gasteiger charge is 2.40. The van der Waals surface area contributed by atoms with Crippen LogP contribution in [0.15, 0.2) is 12.5 Å². The van der Waals surface area contributed by atoms with Crippen LogP contribution in [0.5, 0.6) is 0 Å². The average Bonchev–Trinajstić information content (AvgIpc) is 2.93. The number of aromatic nitrogens is 2. The molecule has 2 atom stereocenters. The van der Waals surface area contributed by atoms with Crippen LogP contribution in [0, 0.1) is 0 Å². The number of aliphatic hydroxyl groups excluding tert-OH is 1. The lowest BCUT2D eigenvalue weighted by Gasteiger charge is -2.22. The van der Waals surface area contributed by atoms with Gasteiger partial charge in [0.15, 0.2) is 0 Å². The first-order valence-corrected chi connectivity index (χ1v) is 5.57. The maximum absolute atomic E-state index is 12.3. The first-order valence-electron chi connectivity index (χ1n) is 5.57. The number of β-amino-alcohol motifs (C(OH)–C–C–N with tert-alkyl or cyclic N) is 1. The second-order valence-corrected chi connectivity index (χ2v) is 4.28. The maximum Gasteiger partial charge on any atom is 0.328 e. The molecule has 0 radical (unpaired) electrons. The normalized spacial score (nSPS) is 23.2. The first-order chi connectivity index (χ1) is 8.54. The Balaban J connectivity index is 2.23. The van der Waals surface area contributed by atoms with Crippen LogP contribution >= 0.6 is 0 Å². The van der Waals surface area contributed by atoms with Gasteiger partial charge in [0, 0.05) is 20.0 Å². The van der Waals surface area contributed by atoms with Crippen LogP contribution in [-0.2, 0) is 16.6 Å². The van der Waals surface area contributed by atoms with E-state index in [2.05, 4.69) is 9.72 Å². The summed E-state index contributed by atoms with van der Waals surface area (Å²) in [7, 11) is 2.96. The molecule has 1 saturated heterocycles. The van der Waals surface area contributed by atoms with Gasteiger partial charge in [0.1, 0.15) is 11.7 Å². The number of hydrogen-bond acceptors (Lipinski definition) is 5. The first kappa shape index (κ1) is 12.6. The predicted octanol–water partition coefficient (Wildman–Crippen LogP) is -0.832. The third-order valence-corrected chi connectivity index (χ3v) is 3.05. The van der Waals surface area contributed by atoms with Gasteiger partial charge >= 0.3 is 5.97 Å². The molecule has 7 nitrogen and oxygen atoms in total. The van der Waals surface area contributed by atoms with E-state index in [4.69, 9.17) is 0 Å². The molecule has 0 spiro atoms. The summed E-state index contributed by atoms with van der Waals surface area (Å²) in [6.45, 7) is 0.129. The summed E-state index contributed by atoms with van der Waals surface area (Å²) < 4.78 is 6.21. The number of nitrogens with zero attached hydrogens (tertiary/aromatic N) is 3. The van der Waals surface area contributed by atoms with Crippen molar-refractivity contribution in [2.45, 2.75) is 18.6 Å². The van der Waals surface area contributed by atoms with E-state index >= 15 is 0 Å². The van der Waals surface area contributed by atoms with Crippen LogP contribution in [-0.4, -0.2) is 57.2 Å². The molecule has 1 aliphatic rings. The van der Waals surface area contributed by atoms with E-state index in [9.17, 15) is 14.7 Å². The standard InChI is InChI=1S/C11H15N3O4/c1-13-6-12-4-9(13)10(16)14-5-7(15)3-8(14)11(17)18-2/h4,6-8,15H,3,5H2,1-2H3. The average molecular weight is 253 g/mol. The number of amides is 1. The van der Waals surface area contributed by atoms with Gasteiger partial charge in [0.2, 0.25) is 0 Å². The number of rotatable bonds is 2. The molecule has 1 aliphatic heterocycles. The second kappa shape index (κ2) is 4.77. The highest BCUT2D eigenvalue weighted by Crippen LogP contribution is 2.21. The SMILES string of the molecule is COC(=O)C1CC(O)CN1C(=O)c1cncn1C. The van der Waals surface area contributed by atoms with E-state index in [0.29, 0.717) is 5.69 Å². The molecule has 2 heterocycles. The Morgan fingerprint density at radius 1 is 1.56 bits per heavy atom. The summed E-state index contributed by atoms with van der Waals surface area (Å²) in [4.78, 5) is 29.0. The maximum atomic E-state index is 12.3. The Kier molecular flexibility index (Phi) is 3.33. The lowest BCUT2D eigenvalue weighted by Crippen LogP contribution is -2.41. The summed E-state index contributed by atoms with van der Waals surface area (Å²) in [6.07, 6.45) is 2.44. The van der Waals surface area contributed by atoms with Gasteiger partial charge in [-0.05, 0) is 0 Å². The summed E-state index contributed by atoms with van der Waals surface area (Å²) in [5.74, 6) is -0.844. The van der Waals surface area contributed by atoms with Crippen molar-refractivity contribution in [3.63, 3.8) is 0 Å². The zero-order valence-electron chi connectivity index (χ0n) is 10.2. The Bertz CT molecular complexity index is 471. The predicted molar refractivity (Wildman–Crippen MR) is 60.7 cm³/mol. The van der Waals surface area contributed by atoms with Crippen LogP contribution in [0.1, 0.15) is 16.9 Å². The quantitative estimate of drug-likeness (QED) is 0.695. The van der Waals surface area contributed by atoms with Gasteiger partial charge in [-0.2, -0.15) is 0 Å². The highest BCUT2D eigenvalue weighted by atomic mass is 16.5.